The van der Waals surface area contributed by atoms with Gasteiger partial charge in [-0.3, -0.25) is 9.59 Å². The Bertz CT molecular complexity index is 574. The van der Waals surface area contributed by atoms with Crippen molar-refractivity contribution in [1.82, 2.24) is 5.32 Å². The first-order valence-corrected chi connectivity index (χ1v) is 8.60. The van der Waals surface area contributed by atoms with E-state index >= 15 is 0 Å². The molecule has 1 aromatic rings. The van der Waals surface area contributed by atoms with E-state index in [1.54, 1.807) is 0 Å². The minimum atomic E-state index is 0.0140. The van der Waals surface area contributed by atoms with Gasteiger partial charge in [-0.05, 0) is 30.7 Å². The highest BCUT2D eigenvalue weighted by Gasteiger charge is 2.46. The minimum Gasteiger partial charge on any atom is -0.349 e. The number of benzene rings is 1. The standard InChI is InChI=1S/C19H23NO2/c21-17(13-8-9-13)11-15-16(10-12-6-7-12)19(22)20-18(15)14-4-2-1-3-5-14/h1-5,12-13,15-16,18H,6-11H2,(H,20,22)/t15-,16-,18+/m0/s1. The van der Waals surface area contributed by atoms with Gasteiger partial charge in [-0.1, -0.05) is 43.2 Å². The fourth-order valence-electron chi connectivity index (χ4n) is 3.84. The molecule has 0 radical (unpaired) electrons. The van der Waals surface area contributed by atoms with Crippen molar-refractivity contribution in [2.75, 3.05) is 0 Å². The number of rotatable bonds is 6. The highest BCUT2D eigenvalue weighted by Crippen LogP contribution is 2.46. The molecule has 116 valence electrons. The molecule has 1 heterocycles. The van der Waals surface area contributed by atoms with Crippen LogP contribution < -0.4 is 5.32 Å². The highest BCUT2D eigenvalue weighted by molar-refractivity contribution is 5.87. The van der Waals surface area contributed by atoms with Gasteiger partial charge >= 0.3 is 0 Å². The number of hydrogen-bond acceptors (Lipinski definition) is 2. The van der Waals surface area contributed by atoms with Gasteiger partial charge in [0, 0.05) is 24.2 Å². The molecule has 2 aliphatic carbocycles. The Morgan fingerprint density at radius 3 is 2.45 bits per heavy atom. The third-order valence-corrected chi connectivity index (χ3v) is 5.49. The molecule has 1 N–H and O–H groups in total. The lowest BCUT2D eigenvalue weighted by molar-refractivity contribution is -0.124. The van der Waals surface area contributed by atoms with Crippen LogP contribution in [0.3, 0.4) is 0 Å². The number of amides is 1. The Morgan fingerprint density at radius 1 is 1.09 bits per heavy atom. The molecule has 3 atom stereocenters. The van der Waals surface area contributed by atoms with Crippen LogP contribution in [-0.2, 0) is 9.59 Å². The van der Waals surface area contributed by atoms with E-state index in [2.05, 4.69) is 17.4 Å². The summed E-state index contributed by atoms with van der Waals surface area (Å²) >= 11 is 0. The maximum atomic E-state index is 12.5. The average Bonchev–Trinajstić information content (AvgIpc) is 3.42. The predicted molar refractivity (Wildman–Crippen MR) is 84.0 cm³/mol. The molecule has 3 fully saturated rings. The zero-order valence-electron chi connectivity index (χ0n) is 12.8. The Hall–Kier alpha value is -1.64. The Balaban J connectivity index is 1.57. The largest absolute Gasteiger partial charge is 0.349 e. The summed E-state index contributed by atoms with van der Waals surface area (Å²) in [5, 5.41) is 3.18. The van der Waals surface area contributed by atoms with Crippen molar-refractivity contribution in [3.63, 3.8) is 0 Å². The minimum absolute atomic E-state index is 0.0140. The van der Waals surface area contributed by atoms with Crippen molar-refractivity contribution in [3.05, 3.63) is 35.9 Å². The molecule has 2 saturated carbocycles. The molecule has 3 heteroatoms. The first-order valence-electron chi connectivity index (χ1n) is 8.60. The molecule has 3 nitrogen and oxygen atoms in total. The van der Waals surface area contributed by atoms with Crippen LogP contribution in [0.2, 0.25) is 0 Å². The van der Waals surface area contributed by atoms with Gasteiger partial charge in [0.2, 0.25) is 5.91 Å². The van der Waals surface area contributed by atoms with Crippen LogP contribution >= 0.6 is 0 Å². The van der Waals surface area contributed by atoms with Gasteiger partial charge in [-0.25, -0.2) is 0 Å². The highest BCUT2D eigenvalue weighted by atomic mass is 16.2. The van der Waals surface area contributed by atoms with Gasteiger partial charge in [0.15, 0.2) is 0 Å². The number of carbonyl (C=O) groups excluding carboxylic acids is 2. The van der Waals surface area contributed by atoms with Crippen LogP contribution in [0.4, 0.5) is 0 Å². The molecule has 1 saturated heterocycles. The summed E-state index contributed by atoms with van der Waals surface area (Å²) in [6.07, 6.45) is 6.15. The van der Waals surface area contributed by atoms with Crippen molar-refractivity contribution in [2.24, 2.45) is 23.7 Å². The maximum absolute atomic E-state index is 12.5. The molecule has 3 aliphatic rings. The van der Waals surface area contributed by atoms with E-state index in [-0.39, 0.29) is 29.7 Å². The molecule has 0 aromatic heterocycles. The summed E-state index contributed by atoms with van der Waals surface area (Å²) in [5.74, 6) is 1.71. The van der Waals surface area contributed by atoms with Crippen LogP contribution in [0.1, 0.15) is 50.1 Å². The number of carbonyl (C=O) groups is 2. The normalized spacial score (nSPS) is 31.1. The third-order valence-electron chi connectivity index (χ3n) is 5.49. The van der Waals surface area contributed by atoms with Crippen LogP contribution in [0, 0.1) is 23.7 Å². The van der Waals surface area contributed by atoms with Gasteiger partial charge in [-0.2, -0.15) is 0 Å². The van der Waals surface area contributed by atoms with E-state index in [4.69, 9.17) is 0 Å². The van der Waals surface area contributed by atoms with Gasteiger partial charge < -0.3 is 5.32 Å². The van der Waals surface area contributed by atoms with Crippen LogP contribution in [0.5, 0.6) is 0 Å². The number of ketones is 1. The predicted octanol–water partition coefficient (Wildman–Crippen LogP) is 3.26. The SMILES string of the molecule is O=C(C[C@H]1[C@H](CC2CC2)C(=O)N[C@@H]1c1ccccc1)C1CC1. The second kappa shape index (κ2) is 5.53. The third kappa shape index (κ3) is 2.81. The average molecular weight is 297 g/mol. The van der Waals surface area contributed by atoms with Gasteiger partial charge in [0.25, 0.3) is 0 Å². The van der Waals surface area contributed by atoms with E-state index in [1.807, 2.05) is 18.2 Å². The van der Waals surface area contributed by atoms with Crippen LogP contribution in [-0.4, -0.2) is 11.7 Å². The van der Waals surface area contributed by atoms with Crippen LogP contribution in [0.25, 0.3) is 0 Å². The van der Waals surface area contributed by atoms with E-state index in [0.717, 1.165) is 24.8 Å². The number of nitrogens with one attached hydrogen (secondary N) is 1. The van der Waals surface area contributed by atoms with Gasteiger partial charge in [-0.15, -0.1) is 0 Å². The smallest absolute Gasteiger partial charge is 0.223 e. The molecule has 1 amide bonds. The summed E-state index contributed by atoms with van der Waals surface area (Å²) in [6, 6.07) is 10.2. The second-order valence-corrected chi connectivity index (χ2v) is 7.29. The van der Waals surface area contributed by atoms with Crippen molar-refractivity contribution >= 4 is 11.7 Å². The molecule has 1 aromatic carbocycles. The molecule has 22 heavy (non-hydrogen) atoms. The van der Waals surface area contributed by atoms with Crippen molar-refractivity contribution in [3.8, 4) is 0 Å². The van der Waals surface area contributed by atoms with E-state index in [1.165, 1.54) is 12.8 Å². The number of Topliss-reactive ketones (excluding diaryl/α,β-unsaturated/α-hetero) is 1. The lowest BCUT2D eigenvalue weighted by Gasteiger charge is -2.22. The zero-order valence-corrected chi connectivity index (χ0v) is 12.8. The summed E-state index contributed by atoms with van der Waals surface area (Å²) in [5.41, 5.74) is 1.14. The molecule has 0 spiro atoms. The molecular weight excluding hydrogens is 274 g/mol. The summed E-state index contributed by atoms with van der Waals surface area (Å²) in [4.78, 5) is 24.8. The first kappa shape index (κ1) is 14.0. The summed E-state index contributed by atoms with van der Waals surface area (Å²) < 4.78 is 0. The fourth-order valence-corrected chi connectivity index (χ4v) is 3.84. The van der Waals surface area contributed by atoms with Crippen molar-refractivity contribution < 1.29 is 9.59 Å². The lowest BCUT2D eigenvalue weighted by Crippen LogP contribution is -2.22. The van der Waals surface area contributed by atoms with E-state index < -0.39 is 0 Å². The van der Waals surface area contributed by atoms with E-state index in [0.29, 0.717) is 18.1 Å². The molecule has 4 rings (SSSR count). The Morgan fingerprint density at radius 2 is 1.82 bits per heavy atom. The van der Waals surface area contributed by atoms with Crippen LogP contribution in [0.15, 0.2) is 30.3 Å². The summed E-state index contributed by atoms with van der Waals surface area (Å²) in [7, 11) is 0. The molecular formula is C19H23NO2. The Labute approximate surface area is 131 Å². The van der Waals surface area contributed by atoms with Gasteiger partial charge in [0.05, 0.1) is 6.04 Å². The lowest BCUT2D eigenvalue weighted by atomic mass is 9.80. The summed E-state index contributed by atoms with van der Waals surface area (Å²) in [6.45, 7) is 0. The maximum Gasteiger partial charge on any atom is 0.223 e. The van der Waals surface area contributed by atoms with Crippen molar-refractivity contribution in [1.29, 1.82) is 0 Å². The second-order valence-electron chi connectivity index (χ2n) is 7.29. The van der Waals surface area contributed by atoms with E-state index in [9.17, 15) is 9.59 Å². The number of hydrogen-bond donors (Lipinski definition) is 1. The monoisotopic (exact) mass is 297 g/mol. The zero-order chi connectivity index (χ0) is 15.1. The van der Waals surface area contributed by atoms with Gasteiger partial charge in [0.1, 0.15) is 5.78 Å². The quantitative estimate of drug-likeness (QED) is 0.876. The topological polar surface area (TPSA) is 46.2 Å². The molecule has 0 unspecified atom stereocenters. The Kier molecular flexibility index (Phi) is 3.51. The van der Waals surface area contributed by atoms with Crippen molar-refractivity contribution in [2.45, 2.75) is 44.6 Å². The first-order chi connectivity index (χ1) is 10.7. The fraction of sp³-hybridized carbons (Fsp3) is 0.579. The molecule has 0 bridgehead atoms. The molecule has 1 aliphatic heterocycles.